The molecule has 10 nitrogen and oxygen atoms in total. The zero-order valence-electron chi connectivity index (χ0n) is 23.1. The lowest BCUT2D eigenvalue weighted by molar-refractivity contribution is -0.111. The minimum Gasteiger partial charge on any atom is -0.494 e. The number of hydrogen-bond donors (Lipinski definition) is 2. The van der Waals surface area contributed by atoms with Crippen molar-refractivity contribution in [2.75, 3.05) is 68.3 Å². The molecule has 1 aliphatic heterocycles. The summed E-state index contributed by atoms with van der Waals surface area (Å²) in [5.41, 5.74) is 4.49. The molecule has 0 saturated heterocycles. The van der Waals surface area contributed by atoms with E-state index in [-0.39, 0.29) is 11.3 Å². The molecule has 0 unspecified atom stereocenters. The van der Waals surface area contributed by atoms with Gasteiger partial charge in [0.25, 0.3) is 0 Å². The number of nitrogens with one attached hydrogen (secondary N) is 2. The van der Waals surface area contributed by atoms with Crippen LogP contribution >= 0.6 is 0 Å². The third-order valence-corrected chi connectivity index (χ3v) is 7.57. The molecule has 2 N–H and O–H groups in total. The topological polar surface area (TPSA) is 98.8 Å². The van der Waals surface area contributed by atoms with Gasteiger partial charge in [-0.3, -0.25) is 9.78 Å². The Morgan fingerprint density at radius 1 is 1.15 bits per heavy atom. The molecule has 2 aliphatic rings. The van der Waals surface area contributed by atoms with Crippen molar-refractivity contribution in [2.24, 2.45) is 0 Å². The maximum atomic E-state index is 12.3. The molecular weight excluding hydrogens is 492 g/mol. The van der Waals surface area contributed by atoms with Gasteiger partial charge in [-0.15, -0.1) is 0 Å². The number of aromatic nitrogens is 3. The first-order valence-corrected chi connectivity index (χ1v) is 13.2. The van der Waals surface area contributed by atoms with E-state index in [0.717, 1.165) is 49.7 Å². The Hall–Kier alpha value is -4.18. The molecule has 1 aromatic carbocycles. The van der Waals surface area contributed by atoms with Gasteiger partial charge in [0.1, 0.15) is 11.6 Å². The van der Waals surface area contributed by atoms with E-state index in [1.807, 2.05) is 51.6 Å². The highest BCUT2D eigenvalue weighted by Crippen LogP contribution is 2.53. The van der Waals surface area contributed by atoms with Crippen LogP contribution in [0.5, 0.6) is 5.75 Å². The number of carbonyl (C=O) groups excluding carboxylic acids is 1. The molecule has 10 heteroatoms. The highest BCUT2D eigenvalue weighted by Gasteiger charge is 2.48. The Morgan fingerprint density at radius 2 is 1.97 bits per heavy atom. The highest BCUT2D eigenvalue weighted by atomic mass is 16.5. The summed E-state index contributed by atoms with van der Waals surface area (Å²) in [6, 6.07) is 9.77. The molecule has 204 valence electrons. The van der Waals surface area contributed by atoms with Gasteiger partial charge in [-0.05, 0) is 57.3 Å². The Kier molecular flexibility index (Phi) is 7.38. The van der Waals surface area contributed by atoms with Crippen LogP contribution in [0.25, 0.3) is 0 Å². The fraction of sp³-hybridized carbons (Fsp3) is 0.379. The van der Waals surface area contributed by atoms with Crippen LogP contribution < -0.4 is 25.2 Å². The molecule has 1 amide bonds. The molecule has 3 aromatic rings. The molecule has 1 spiro atoms. The average Bonchev–Trinajstić information content (AvgIpc) is 3.28. The molecule has 0 radical (unpaired) electrons. The van der Waals surface area contributed by atoms with Gasteiger partial charge in [-0.25, -0.2) is 4.98 Å². The summed E-state index contributed by atoms with van der Waals surface area (Å²) < 4.78 is 5.74. The summed E-state index contributed by atoms with van der Waals surface area (Å²) in [5, 5.41) is 6.25. The van der Waals surface area contributed by atoms with Crippen LogP contribution in [-0.2, 0) is 10.2 Å². The van der Waals surface area contributed by atoms with Gasteiger partial charge < -0.3 is 30.1 Å². The predicted molar refractivity (Wildman–Crippen MR) is 156 cm³/mol. The quantitative estimate of drug-likeness (QED) is 0.373. The second kappa shape index (κ2) is 10.9. The van der Waals surface area contributed by atoms with Crippen molar-refractivity contribution in [2.45, 2.75) is 24.7 Å². The van der Waals surface area contributed by atoms with Gasteiger partial charge in [-0.2, -0.15) is 4.98 Å². The van der Waals surface area contributed by atoms with E-state index in [0.29, 0.717) is 23.1 Å². The number of methoxy groups -OCH3 is 1. The minimum absolute atomic E-state index is 0.116. The van der Waals surface area contributed by atoms with Crippen LogP contribution in [0.4, 0.5) is 34.5 Å². The third kappa shape index (κ3) is 5.24. The maximum Gasteiger partial charge on any atom is 0.247 e. The number of carbonyl (C=O) groups is 1. The molecule has 1 aliphatic carbocycles. The molecule has 0 atom stereocenters. The summed E-state index contributed by atoms with van der Waals surface area (Å²) in [4.78, 5) is 32.8. The van der Waals surface area contributed by atoms with E-state index in [1.165, 1.54) is 18.2 Å². The minimum atomic E-state index is -0.294. The molecule has 1 fully saturated rings. The zero-order valence-corrected chi connectivity index (χ0v) is 23.1. The number of fused-ring (bicyclic) bond motifs is 2. The van der Waals surface area contributed by atoms with Crippen molar-refractivity contribution in [1.82, 2.24) is 19.9 Å². The highest BCUT2D eigenvalue weighted by molar-refractivity contribution is 6.02. The molecule has 39 heavy (non-hydrogen) atoms. The monoisotopic (exact) mass is 528 g/mol. The van der Waals surface area contributed by atoms with Crippen LogP contribution in [0.15, 0.2) is 55.4 Å². The lowest BCUT2D eigenvalue weighted by atomic mass is 9.67. The Morgan fingerprint density at radius 3 is 2.67 bits per heavy atom. The van der Waals surface area contributed by atoms with Gasteiger partial charge in [0.05, 0.1) is 35.6 Å². The van der Waals surface area contributed by atoms with Crippen molar-refractivity contribution in [3.63, 3.8) is 0 Å². The predicted octanol–water partition coefficient (Wildman–Crippen LogP) is 4.32. The molecule has 3 heterocycles. The van der Waals surface area contributed by atoms with E-state index in [1.54, 1.807) is 13.3 Å². The fourth-order valence-corrected chi connectivity index (χ4v) is 5.27. The summed E-state index contributed by atoms with van der Waals surface area (Å²) >= 11 is 0. The lowest BCUT2D eigenvalue weighted by Gasteiger charge is -2.38. The van der Waals surface area contributed by atoms with Gasteiger partial charge >= 0.3 is 0 Å². The summed E-state index contributed by atoms with van der Waals surface area (Å²) in [7, 11) is 7.66. The number of hydrogen-bond acceptors (Lipinski definition) is 9. The van der Waals surface area contributed by atoms with Crippen LogP contribution in [0, 0.1) is 0 Å². The first-order valence-electron chi connectivity index (χ1n) is 13.2. The van der Waals surface area contributed by atoms with Gasteiger partial charge in [0, 0.05) is 50.6 Å². The Labute approximate surface area is 229 Å². The lowest BCUT2D eigenvalue weighted by Crippen LogP contribution is -2.38. The maximum absolute atomic E-state index is 12.3. The van der Waals surface area contributed by atoms with E-state index < -0.39 is 0 Å². The van der Waals surface area contributed by atoms with Crippen molar-refractivity contribution < 1.29 is 9.53 Å². The molecule has 1 saturated carbocycles. The molecule has 0 bridgehead atoms. The van der Waals surface area contributed by atoms with E-state index in [9.17, 15) is 4.79 Å². The number of ether oxygens (including phenoxy) is 1. The number of anilines is 6. The van der Waals surface area contributed by atoms with E-state index in [4.69, 9.17) is 14.7 Å². The SMILES string of the molecule is C=CC(=O)Nc1cc(Nc2nccc(N3CC4(CCC4)c4ncccc43)n2)c(OC)cc1N(C)CCN(C)C. The van der Waals surface area contributed by atoms with Crippen molar-refractivity contribution in [3.05, 3.63) is 61.1 Å². The van der Waals surface area contributed by atoms with E-state index in [2.05, 4.69) is 43.0 Å². The first kappa shape index (κ1) is 26.4. The second-order valence-electron chi connectivity index (χ2n) is 10.4. The van der Waals surface area contributed by atoms with Crippen molar-refractivity contribution in [3.8, 4) is 5.75 Å². The average molecular weight is 529 g/mol. The number of nitrogens with zero attached hydrogens (tertiary/aromatic N) is 6. The van der Waals surface area contributed by atoms with Crippen LogP contribution in [-0.4, -0.2) is 73.6 Å². The molecule has 2 aromatic heterocycles. The zero-order chi connectivity index (χ0) is 27.6. The Bertz CT molecular complexity index is 1370. The van der Waals surface area contributed by atoms with Crippen molar-refractivity contribution in [1.29, 1.82) is 0 Å². The second-order valence-corrected chi connectivity index (χ2v) is 10.4. The summed E-state index contributed by atoms with van der Waals surface area (Å²) in [6.45, 7) is 6.08. The van der Waals surface area contributed by atoms with E-state index >= 15 is 0 Å². The smallest absolute Gasteiger partial charge is 0.247 e. The van der Waals surface area contributed by atoms with Gasteiger partial charge in [-0.1, -0.05) is 13.0 Å². The largest absolute Gasteiger partial charge is 0.494 e. The Balaban J connectivity index is 1.45. The molecule has 5 rings (SSSR count). The summed E-state index contributed by atoms with van der Waals surface area (Å²) in [6.07, 6.45) is 8.41. The van der Waals surface area contributed by atoms with Gasteiger partial charge in [0.2, 0.25) is 11.9 Å². The van der Waals surface area contributed by atoms with Crippen molar-refractivity contribution >= 4 is 40.4 Å². The molecular formula is C29H36N8O2. The summed E-state index contributed by atoms with van der Waals surface area (Å²) in [5.74, 6) is 1.56. The number of amides is 1. The third-order valence-electron chi connectivity index (χ3n) is 7.57. The normalized spacial score (nSPS) is 15.1. The van der Waals surface area contributed by atoms with Crippen LogP contribution in [0.2, 0.25) is 0 Å². The first-order chi connectivity index (χ1) is 18.8. The fourth-order valence-electron chi connectivity index (χ4n) is 5.27. The number of rotatable bonds is 10. The van der Waals surface area contributed by atoms with Gasteiger partial charge in [0.15, 0.2) is 0 Å². The number of likely N-dealkylation sites (N-methyl/N-ethyl adjacent to an activating group) is 2. The standard InChI is InChI=1S/C29H36N8O2/c1-6-26(38)32-20-17-21(24(39-5)18-23(20)36(4)16-15-35(2)3)33-28-31-14-10-25(34-28)37-19-29(11-8-12-29)27-22(37)9-7-13-30-27/h6-7,9-10,13-14,17-18H,1,8,11-12,15-16,19H2,2-5H3,(H,32,38)(H,31,33,34). The number of pyridine rings is 1. The van der Waals surface area contributed by atoms with Crippen LogP contribution in [0.3, 0.4) is 0 Å². The number of benzene rings is 1. The van der Waals surface area contributed by atoms with Crippen LogP contribution in [0.1, 0.15) is 25.0 Å².